The molecule has 25 heavy (non-hydrogen) atoms. The lowest BCUT2D eigenvalue weighted by Gasteiger charge is -2.26. The first-order chi connectivity index (χ1) is 12.1. The molecule has 4 nitrogen and oxygen atoms in total. The molecule has 1 amide bonds. The van der Waals surface area contributed by atoms with E-state index in [1.165, 1.54) is 23.9 Å². The Balaban J connectivity index is 1.82. The monoisotopic (exact) mass is 373 g/mol. The van der Waals surface area contributed by atoms with Crippen LogP contribution in [0, 0.1) is 0 Å². The maximum Gasteiger partial charge on any atom is 0.252 e. The van der Waals surface area contributed by atoms with E-state index in [-0.39, 0.29) is 12.5 Å². The first-order valence-corrected chi connectivity index (χ1v) is 9.80. The lowest BCUT2D eigenvalue weighted by molar-refractivity contribution is 0.0713. The number of amides is 1. The smallest absolute Gasteiger partial charge is 0.252 e. The predicted molar refractivity (Wildman–Crippen MR) is 101 cm³/mol. The van der Waals surface area contributed by atoms with Gasteiger partial charge in [0.1, 0.15) is 5.60 Å². The number of benzene rings is 1. The molecule has 0 aliphatic carbocycles. The molecule has 2 aromatic heterocycles. The molecule has 0 saturated heterocycles. The summed E-state index contributed by atoms with van der Waals surface area (Å²) in [6.45, 7) is 2.12. The van der Waals surface area contributed by atoms with Crippen molar-refractivity contribution in [1.82, 2.24) is 5.32 Å². The lowest BCUT2D eigenvalue weighted by Crippen LogP contribution is -2.41. The van der Waals surface area contributed by atoms with Gasteiger partial charge in [-0.2, -0.15) is 0 Å². The third-order valence-electron chi connectivity index (χ3n) is 3.86. The van der Waals surface area contributed by atoms with E-state index in [9.17, 15) is 9.90 Å². The first kappa shape index (κ1) is 17.8. The average molecular weight is 373 g/mol. The van der Waals surface area contributed by atoms with Crippen LogP contribution in [0.3, 0.4) is 0 Å². The average Bonchev–Trinajstić information content (AvgIpc) is 3.34. The number of thioether (sulfide) groups is 1. The fourth-order valence-corrected chi connectivity index (χ4v) is 4.23. The van der Waals surface area contributed by atoms with Crippen molar-refractivity contribution >= 4 is 29.0 Å². The van der Waals surface area contributed by atoms with Gasteiger partial charge in [0.25, 0.3) is 5.91 Å². The number of furan rings is 1. The summed E-state index contributed by atoms with van der Waals surface area (Å²) in [7, 11) is 0. The van der Waals surface area contributed by atoms with Crippen molar-refractivity contribution in [2.45, 2.75) is 17.4 Å². The molecule has 6 heteroatoms. The highest BCUT2D eigenvalue weighted by Gasteiger charge is 2.34. The van der Waals surface area contributed by atoms with Gasteiger partial charge in [-0.1, -0.05) is 25.1 Å². The maximum atomic E-state index is 12.7. The fourth-order valence-electron chi connectivity index (χ4n) is 2.58. The Morgan fingerprint density at radius 1 is 1.28 bits per heavy atom. The molecule has 2 N–H and O–H groups in total. The third-order valence-corrected chi connectivity index (χ3v) is 5.84. The zero-order valence-electron chi connectivity index (χ0n) is 13.8. The van der Waals surface area contributed by atoms with Crippen LogP contribution in [-0.2, 0) is 5.60 Å². The normalized spacial score (nSPS) is 13.4. The summed E-state index contributed by atoms with van der Waals surface area (Å²) < 4.78 is 5.13. The highest BCUT2D eigenvalue weighted by molar-refractivity contribution is 7.99. The number of hydrogen-bond donors (Lipinski definition) is 2. The van der Waals surface area contributed by atoms with E-state index in [0.29, 0.717) is 11.1 Å². The van der Waals surface area contributed by atoms with Gasteiger partial charge >= 0.3 is 0 Å². The van der Waals surface area contributed by atoms with Crippen LogP contribution in [0.1, 0.15) is 27.7 Å². The predicted octanol–water partition coefficient (Wildman–Crippen LogP) is 4.12. The number of thiophene rings is 1. The zero-order chi connectivity index (χ0) is 17.7. The minimum absolute atomic E-state index is 0.0665. The molecular formula is C19H19NO3S2. The molecule has 0 spiro atoms. The molecular weight excluding hydrogens is 354 g/mol. The molecule has 1 aromatic carbocycles. The Labute approximate surface area is 154 Å². The van der Waals surface area contributed by atoms with Crippen molar-refractivity contribution < 1.29 is 14.3 Å². The van der Waals surface area contributed by atoms with Crippen LogP contribution in [0.25, 0.3) is 0 Å². The topological polar surface area (TPSA) is 62.5 Å². The number of hydrogen-bond acceptors (Lipinski definition) is 5. The van der Waals surface area contributed by atoms with Crippen LogP contribution in [-0.4, -0.2) is 23.3 Å². The SMILES string of the molecule is CCSc1ccccc1C(=O)NC[C@@](O)(c1ccoc1)c1cccs1. The van der Waals surface area contributed by atoms with E-state index >= 15 is 0 Å². The molecule has 0 aliphatic rings. The molecule has 2 heterocycles. The number of rotatable bonds is 7. The second-order valence-electron chi connectivity index (χ2n) is 5.46. The van der Waals surface area contributed by atoms with Gasteiger partial charge in [0.2, 0.25) is 0 Å². The summed E-state index contributed by atoms with van der Waals surface area (Å²) in [5.74, 6) is 0.688. The summed E-state index contributed by atoms with van der Waals surface area (Å²) in [5.41, 5.74) is -0.0783. The van der Waals surface area contributed by atoms with Crippen LogP contribution in [0.15, 0.2) is 69.7 Å². The van der Waals surface area contributed by atoms with Gasteiger partial charge in [-0.3, -0.25) is 4.79 Å². The van der Waals surface area contributed by atoms with E-state index in [2.05, 4.69) is 5.32 Å². The van der Waals surface area contributed by atoms with Crippen molar-refractivity contribution in [2.24, 2.45) is 0 Å². The Morgan fingerprint density at radius 3 is 2.80 bits per heavy atom. The highest BCUT2D eigenvalue weighted by Crippen LogP contribution is 2.33. The van der Waals surface area contributed by atoms with Gasteiger partial charge < -0.3 is 14.8 Å². The second-order valence-corrected chi connectivity index (χ2v) is 7.71. The van der Waals surface area contributed by atoms with Crippen molar-refractivity contribution in [3.63, 3.8) is 0 Å². The molecule has 0 radical (unpaired) electrons. The van der Waals surface area contributed by atoms with E-state index in [1.54, 1.807) is 23.9 Å². The summed E-state index contributed by atoms with van der Waals surface area (Å²) in [6.07, 6.45) is 3.02. The minimum atomic E-state index is -1.32. The largest absolute Gasteiger partial charge is 0.472 e. The third kappa shape index (κ3) is 3.81. The Hall–Kier alpha value is -2.02. The van der Waals surface area contributed by atoms with Crippen LogP contribution in [0.5, 0.6) is 0 Å². The lowest BCUT2D eigenvalue weighted by atomic mass is 9.94. The van der Waals surface area contributed by atoms with Crippen molar-refractivity contribution in [3.8, 4) is 0 Å². The fraction of sp³-hybridized carbons (Fsp3) is 0.211. The van der Waals surface area contributed by atoms with Gasteiger partial charge in [-0.05, 0) is 35.4 Å². The zero-order valence-corrected chi connectivity index (χ0v) is 15.4. The van der Waals surface area contributed by atoms with E-state index in [0.717, 1.165) is 15.5 Å². The van der Waals surface area contributed by atoms with Gasteiger partial charge in [0.15, 0.2) is 0 Å². The number of carbonyl (C=O) groups excluding carboxylic acids is 1. The van der Waals surface area contributed by atoms with Crippen molar-refractivity contribution in [2.75, 3.05) is 12.3 Å². The summed E-state index contributed by atoms with van der Waals surface area (Å²) >= 11 is 3.06. The van der Waals surface area contributed by atoms with Crippen LogP contribution in [0.4, 0.5) is 0 Å². The molecule has 0 unspecified atom stereocenters. The Morgan fingerprint density at radius 2 is 2.12 bits per heavy atom. The standard InChI is InChI=1S/C19H19NO3S2/c1-2-24-16-7-4-3-6-15(16)18(21)20-13-19(22,14-9-10-23-12-14)17-8-5-11-25-17/h3-12,22H,2,13H2,1H3,(H,20,21)/t19-/m1/s1. The molecule has 130 valence electrons. The molecule has 3 aromatic rings. The number of carbonyl (C=O) groups is 1. The molecule has 1 atom stereocenters. The Bertz CT molecular complexity index is 779. The summed E-state index contributed by atoms with van der Waals surface area (Å²) in [4.78, 5) is 14.4. The minimum Gasteiger partial charge on any atom is -0.472 e. The van der Waals surface area contributed by atoms with Crippen LogP contribution >= 0.6 is 23.1 Å². The summed E-state index contributed by atoms with van der Waals surface area (Å²) in [6, 6.07) is 12.9. The maximum absolute atomic E-state index is 12.7. The number of aliphatic hydroxyl groups is 1. The summed E-state index contributed by atoms with van der Waals surface area (Å²) in [5, 5.41) is 16.0. The highest BCUT2D eigenvalue weighted by atomic mass is 32.2. The van der Waals surface area contributed by atoms with Crippen LogP contribution < -0.4 is 5.32 Å². The van der Waals surface area contributed by atoms with E-state index in [1.807, 2.05) is 42.6 Å². The van der Waals surface area contributed by atoms with Crippen LogP contribution in [0.2, 0.25) is 0 Å². The first-order valence-electron chi connectivity index (χ1n) is 7.94. The van der Waals surface area contributed by atoms with Crippen molar-refractivity contribution in [1.29, 1.82) is 0 Å². The van der Waals surface area contributed by atoms with Gasteiger partial charge in [0.05, 0.1) is 24.6 Å². The van der Waals surface area contributed by atoms with Gasteiger partial charge in [-0.25, -0.2) is 0 Å². The van der Waals surface area contributed by atoms with E-state index in [4.69, 9.17) is 4.42 Å². The number of nitrogens with one attached hydrogen (secondary N) is 1. The van der Waals surface area contributed by atoms with Gasteiger partial charge in [-0.15, -0.1) is 23.1 Å². The molecule has 3 rings (SSSR count). The molecule has 0 bridgehead atoms. The van der Waals surface area contributed by atoms with Crippen molar-refractivity contribution in [3.05, 3.63) is 76.4 Å². The molecule has 0 aliphatic heterocycles. The second kappa shape index (κ2) is 7.91. The van der Waals surface area contributed by atoms with Gasteiger partial charge in [0, 0.05) is 15.3 Å². The molecule has 0 fully saturated rings. The quantitative estimate of drug-likeness (QED) is 0.612. The molecule has 0 saturated carbocycles. The Kier molecular flexibility index (Phi) is 5.63. The van der Waals surface area contributed by atoms with E-state index < -0.39 is 5.60 Å².